The zero-order valence-corrected chi connectivity index (χ0v) is 13.5. The van der Waals surface area contributed by atoms with Crippen molar-refractivity contribution in [1.29, 1.82) is 0 Å². The summed E-state index contributed by atoms with van der Waals surface area (Å²) in [5, 5.41) is 7.13. The van der Waals surface area contributed by atoms with Crippen LogP contribution in [0.2, 0.25) is 0 Å². The number of hydrogen-bond acceptors (Lipinski definition) is 4. The molecule has 0 saturated heterocycles. The maximum absolute atomic E-state index is 12.4. The number of nitrogens with zero attached hydrogens (tertiary/aromatic N) is 2. The molecule has 6 heteroatoms. The summed E-state index contributed by atoms with van der Waals surface area (Å²) in [5.41, 5.74) is 1.32. The zero-order chi connectivity index (χ0) is 16.1. The normalized spacial score (nSPS) is 12.6. The van der Waals surface area contributed by atoms with Gasteiger partial charge in [-0.1, -0.05) is 13.8 Å². The Morgan fingerprint density at radius 3 is 2.77 bits per heavy atom. The Balaban J connectivity index is 2.05. The molecule has 1 N–H and O–H groups in total. The Morgan fingerprint density at radius 1 is 1.45 bits per heavy atom. The molecule has 22 heavy (non-hydrogen) atoms. The number of hydrogen-bond donors (Lipinski definition) is 1. The lowest BCUT2D eigenvalue weighted by molar-refractivity contribution is 0.0725. The van der Waals surface area contributed by atoms with Crippen molar-refractivity contribution >= 4 is 5.91 Å². The summed E-state index contributed by atoms with van der Waals surface area (Å²) in [6, 6.07) is 5.06. The van der Waals surface area contributed by atoms with E-state index in [1.807, 2.05) is 13.0 Å². The molecule has 1 unspecified atom stereocenters. The van der Waals surface area contributed by atoms with E-state index in [2.05, 4.69) is 24.3 Å². The Bertz CT molecular complexity index is 602. The van der Waals surface area contributed by atoms with Crippen molar-refractivity contribution in [2.24, 2.45) is 13.0 Å². The summed E-state index contributed by atoms with van der Waals surface area (Å²) in [4.78, 5) is 12.4. The van der Waals surface area contributed by atoms with E-state index in [0.29, 0.717) is 30.6 Å². The highest BCUT2D eigenvalue weighted by Crippen LogP contribution is 2.15. The minimum absolute atomic E-state index is 0.197. The molecule has 0 aromatic carbocycles. The fourth-order valence-corrected chi connectivity index (χ4v) is 2.16. The van der Waals surface area contributed by atoms with E-state index < -0.39 is 0 Å². The molecular formula is C16H23N3O3. The highest BCUT2D eigenvalue weighted by Gasteiger charge is 2.20. The highest BCUT2D eigenvalue weighted by molar-refractivity contribution is 5.92. The third kappa shape index (κ3) is 4.21. The summed E-state index contributed by atoms with van der Waals surface area (Å²) < 4.78 is 12.6. The molecule has 1 atom stereocenters. The molecule has 2 aromatic heterocycles. The lowest BCUT2D eigenvalue weighted by atomic mass is 10.2. The highest BCUT2D eigenvalue weighted by atomic mass is 16.5. The number of carbonyl (C=O) groups is 1. The van der Waals surface area contributed by atoms with Gasteiger partial charge >= 0.3 is 0 Å². The van der Waals surface area contributed by atoms with E-state index in [1.54, 1.807) is 30.1 Å². The standard InChI is InChI=1S/C16H23N3O3/c1-11(2)9-21-10-13(15-6-5-7-22-15)17-16(20)14-8-12(3)18-19(14)4/h5-8,11,13H,9-10H2,1-4H3,(H,17,20). The average molecular weight is 305 g/mol. The first-order valence-corrected chi connectivity index (χ1v) is 7.40. The lowest BCUT2D eigenvalue weighted by Gasteiger charge is -2.17. The third-order valence-electron chi connectivity index (χ3n) is 3.16. The third-order valence-corrected chi connectivity index (χ3v) is 3.16. The first kappa shape index (κ1) is 16.3. The van der Waals surface area contributed by atoms with Crippen LogP contribution in [-0.2, 0) is 11.8 Å². The number of ether oxygens (including phenoxy) is 1. The van der Waals surface area contributed by atoms with Crippen molar-refractivity contribution < 1.29 is 13.9 Å². The van der Waals surface area contributed by atoms with Gasteiger partial charge in [0.15, 0.2) is 0 Å². The van der Waals surface area contributed by atoms with Crippen LogP contribution in [0.15, 0.2) is 28.9 Å². The molecule has 6 nitrogen and oxygen atoms in total. The number of aryl methyl sites for hydroxylation is 2. The van der Waals surface area contributed by atoms with Crippen LogP contribution in [0.25, 0.3) is 0 Å². The predicted octanol–water partition coefficient (Wildman–Crippen LogP) is 2.47. The van der Waals surface area contributed by atoms with E-state index in [4.69, 9.17) is 9.15 Å². The van der Waals surface area contributed by atoms with Gasteiger partial charge in [0.05, 0.1) is 18.6 Å². The van der Waals surface area contributed by atoms with Gasteiger partial charge in [-0.25, -0.2) is 0 Å². The molecule has 2 heterocycles. The number of rotatable bonds is 7. The summed E-state index contributed by atoms with van der Waals surface area (Å²) >= 11 is 0. The van der Waals surface area contributed by atoms with Crippen LogP contribution in [0.4, 0.5) is 0 Å². The van der Waals surface area contributed by atoms with Crippen molar-refractivity contribution in [3.05, 3.63) is 41.6 Å². The number of carbonyl (C=O) groups excluding carboxylic acids is 1. The first-order chi connectivity index (χ1) is 10.5. The van der Waals surface area contributed by atoms with Gasteiger partial charge in [-0.15, -0.1) is 0 Å². The Kier molecular flexibility index (Phi) is 5.38. The van der Waals surface area contributed by atoms with Gasteiger partial charge in [0, 0.05) is 13.7 Å². The summed E-state index contributed by atoms with van der Waals surface area (Å²) in [5.74, 6) is 0.918. The van der Waals surface area contributed by atoms with Gasteiger partial charge < -0.3 is 14.5 Å². The van der Waals surface area contributed by atoms with Crippen LogP contribution < -0.4 is 5.32 Å². The number of aromatic nitrogens is 2. The van der Waals surface area contributed by atoms with Gasteiger partial charge in [0.25, 0.3) is 5.91 Å². The van der Waals surface area contributed by atoms with Crippen LogP contribution in [-0.4, -0.2) is 28.9 Å². The maximum Gasteiger partial charge on any atom is 0.270 e. The number of furan rings is 1. The van der Waals surface area contributed by atoms with E-state index >= 15 is 0 Å². The fraction of sp³-hybridized carbons (Fsp3) is 0.500. The van der Waals surface area contributed by atoms with Crippen LogP contribution in [0.1, 0.15) is 41.8 Å². The number of amides is 1. The smallest absolute Gasteiger partial charge is 0.270 e. The summed E-state index contributed by atoms with van der Waals surface area (Å²) in [6.07, 6.45) is 1.59. The van der Waals surface area contributed by atoms with Gasteiger partial charge in [-0.3, -0.25) is 9.48 Å². The molecule has 2 rings (SSSR count). The molecule has 0 radical (unpaired) electrons. The minimum atomic E-state index is -0.323. The molecule has 0 bridgehead atoms. The molecule has 1 amide bonds. The van der Waals surface area contributed by atoms with Crippen LogP contribution in [0, 0.1) is 12.8 Å². The Morgan fingerprint density at radius 2 is 2.23 bits per heavy atom. The quantitative estimate of drug-likeness (QED) is 0.853. The van der Waals surface area contributed by atoms with Gasteiger partial charge in [0.2, 0.25) is 0 Å². The zero-order valence-electron chi connectivity index (χ0n) is 13.5. The fourth-order valence-electron chi connectivity index (χ4n) is 2.16. The van der Waals surface area contributed by atoms with Crippen molar-refractivity contribution in [2.45, 2.75) is 26.8 Å². The molecule has 0 fully saturated rings. The predicted molar refractivity (Wildman–Crippen MR) is 82.5 cm³/mol. The largest absolute Gasteiger partial charge is 0.467 e. The summed E-state index contributed by atoms with van der Waals surface area (Å²) in [7, 11) is 1.75. The van der Waals surface area contributed by atoms with Crippen molar-refractivity contribution in [1.82, 2.24) is 15.1 Å². The molecule has 0 spiro atoms. The molecule has 0 aliphatic carbocycles. The lowest BCUT2D eigenvalue weighted by Crippen LogP contribution is -2.32. The number of nitrogens with one attached hydrogen (secondary N) is 1. The molecule has 120 valence electrons. The van der Waals surface area contributed by atoms with E-state index in [0.717, 1.165) is 5.69 Å². The maximum atomic E-state index is 12.4. The van der Waals surface area contributed by atoms with Gasteiger partial charge in [-0.2, -0.15) is 5.10 Å². The second kappa shape index (κ2) is 7.26. The molecule has 0 saturated carbocycles. The minimum Gasteiger partial charge on any atom is -0.467 e. The average Bonchev–Trinajstić information content (AvgIpc) is 3.06. The monoisotopic (exact) mass is 305 g/mol. The van der Waals surface area contributed by atoms with Gasteiger partial charge in [-0.05, 0) is 31.0 Å². The van der Waals surface area contributed by atoms with Crippen LogP contribution >= 0.6 is 0 Å². The van der Waals surface area contributed by atoms with E-state index in [-0.39, 0.29) is 11.9 Å². The Hall–Kier alpha value is -2.08. The topological polar surface area (TPSA) is 69.3 Å². The van der Waals surface area contributed by atoms with Crippen molar-refractivity contribution in [2.75, 3.05) is 13.2 Å². The molecule has 0 aliphatic rings. The SMILES string of the molecule is Cc1cc(C(=O)NC(COCC(C)C)c2ccco2)n(C)n1. The molecular weight excluding hydrogens is 282 g/mol. The van der Waals surface area contributed by atoms with E-state index in [1.165, 1.54) is 0 Å². The summed E-state index contributed by atoms with van der Waals surface area (Å²) in [6.45, 7) is 7.02. The van der Waals surface area contributed by atoms with Crippen molar-refractivity contribution in [3.63, 3.8) is 0 Å². The Labute approximate surface area is 130 Å². The first-order valence-electron chi connectivity index (χ1n) is 7.40. The molecule has 2 aromatic rings. The van der Waals surface area contributed by atoms with Crippen LogP contribution in [0.3, 0.4) is 0 Å². The second-order valence-electron chi connectivity index (χ2n) is 5.77. The van der Waals surface area contributed by atoms with E-state index in [9.17, 15) is 4.79 Å². The van der Waals surface area contributed by atoms with Crippen LogP contribution in [0.5, 0.6) is 0 Å². The molecule has 0 aliphatic heterocycles. The van der Waals surface area contributed by atoms with Crippen molar-refractivity contribution in [3.8, 4) is 0 Å². The second-order valence-corrected chi connectivity index (χ2v) is 5.77. The van der Waals surface area contributed by atoms with Gasteiger partial charge in [0.1, 0.15) is 17.5 Å².